The molecule has 0 saturated heterocycles. The van der Waals surface area contributed by atoms with Crippen LogP contribution < -0.4 is 21.3 Å². The van der Waals surface area contributed by atoms with E-state index in [4.69, 9.17) is 9.18 Å². The van der Waals surface area contributed by atoms with Crippen LogP contribution in [0, 0.1) is 6.92 Å². The van der Waals surface area contributed by atoms with Gasteiger partial charge in [0.2, 0.25) is 0 Å². The molecule has 3 N–H and O–H groups in total. The third kappa shape index (κ3) is 7.35. The molecule has 2 aromatic rings. The van der Waals surface area contributed by atoms with Gasteiger partial charge in [-0.2, -0.15) is 0 Å². The summed E-state index contributed by atoms with van der Waals surface area (Å²) in [6, 6.07) is 7.42. The maximum absolute atomic E-state index is 12.8. The molecule has 1 aliphatic heterocycles. The fraction of sp³-hybridized carbons (Fsp3) is 0.538. The first-order valence-corrected chi connectivity index (χ1v) is 13.1. The summed E-state index contributed by atoms with van der Waals surface area (Å²) >= 11 is 0. The molecule has 0 bridgehead atoms. The van der Waals surface area contributed by atoms with E-state index >= 15 is 0 Å². The molecule has 192 valence electrons. The van der Waals surface area contributed by atoms with E-state index in [1.54, 1.807) is 13.0 Å². The number of benzene rings is 1. The first kappa shape index (κ1) is 25.8. The van der Waals surface area contributed by atoms with E-state index < -0.39 is 7.05 Å². The van der Waals surface area contributed by atoms with Crippen LogP contribution >= 0.6 is 0 Å². The molecule has 1 aromatic heterocycles. The van der Waals surface area contributed by atoms with E-state index in [0.29, 0.717) is 25.1 Å². The van der Waals surface area contributed by atoms with Crippen molar-refractivity contribution in [2.45, 2.75) is 83.6 Å². The SMILES string of the molecule is Cc1cc(C(=O)NCCc2ccc3c(c2)CCCCCC(=O)OB3NC(=O)NC2CCCCC2)no1. The number of fused-ring (bicyclic) bond motifs is 1. The molecule has 1 fully saturated rings. The van der Waals surface area contributed by atoms with Gasteiger partial charge in [-0.3, -0.25) is 14.4 Å². The van der Waals surface area contributed by atoms with Gasteiger partial charge in [-0.05, 0) is 62.0 Å². The summed E-state index contributed by atoms with van der Waals surface area (Å²) in [6.45, 7) is 2.19. The van der Waals surface area contributed by atoms with Crippen LogP contribution in [0.1, 0.15) is 85.2 Å². The Morgan fingerprint density at radius 1 is 1.06 bits per heavy atom. The summed E-state index contributed by atoms with van der Waals surface area (Å²) < 4.78 is 10.7. The number of nitrogens with zero attached hydrogens (tertiary/aromatic N) is 1. The Bertz CT molecular complexity index is 1070. The van der Waals surface area contributed by atoms with Crippen molar-refractivity contribution < 1.29 is 23.6 Å². The number of aromatic nitrogens is 1. The average molecular weight is 494 g/mol. The monoisotopic (exact) mass is 494 g/mol. The zero-order valence-corrected chi connectivity index (χ0v) is 20.9. The Labute approximate surface area is 212 Å². The Kier molecular flexibility index (Phi) is 9.03. The van der Waals surface area contributed by atoms with E-state index in [9.17, 15) is 14.4 Å². The van der Waals surface area contributed by atoms with E-state index in [2.05, 4.69) is 27.1 Å². The lowest BCUT2D eigenvalue weighted by atomic mass is 9.69. The molecule has 1 aromatic carbocycles. The van der Waals surface area contributed by atoms with Gasteiger partial charge in [0.1, 0.15) is 5.76 Å². The Hall–Kier alpha value is -3.30. The van der Waals surface area contributed by atoms with Crippen molar-refractivity contribution in [3.63, 3.8) is 0 Å². The van der Waals surface area contributed by atoms with Crippen molar-refractivity contribution in [2.75, 3.05) is 6.54 Å². The Morgan fingerprint density at radius 2 is 1.83 bits per heavy atom. The van der Waals surface area contributed by atoms with Crippen molar-refractivity contribution in [3.05, 3.63) is 46.8 Å². The van der Waals surface area contributed by atoms with Gasteiger partial charge >= 0.3 is 13.1 Å². The third-order valence-corrected chi connectivity index (χ3v) is 6.83. The largest absolute Gasteiger partial charge is 0.522 e. The second kappa shape index (κ2) is 12.6. The van der Waals surface area contributed by atoms with Gasteiger partial charge in [0, 0.05) is 25.1 Å². The van der Waals surface area contributed by atoms with Crippen LogP contribution in [-0.4, -0.2) is 42.7 Å². The molecule has 0 unspecified atom stereocenters. The van der Waals surface area contributed by atoms with Gasteiger partial charge in [0.25, 0.3) is 11.9 Å². The van der Waals surface area contributed by atoms with Crippen LogP contribution in [0.3, 0.4) is 0 Å². The van der Waals surface area contributed by atoms with Crippen molar-refractivity contribution in [3.8, 4) is 0 Å². The molecule has 3 amide bonds. The molecular formula is C26H35BN4O5. The van der Waals surface area contributed by atoms with Crippen LogP contribution in [0.2, 0.25) is 0 Å². The third-order valence-electron chi connectivity index (χ3n) is 6.83. The molecule has 0 atom stereocenters. The quantitative estimate of drug-likeness (QED) is 0.531. The van der Waals surface area contributed by atoms with Crippen LogP contribution in [0.5, 0.6) is 0 Å². The number of hydrogen-bond donors (Lipinski definition) is 3. The Balaban J connectivity index is 1.43. The van der Waals surface area contributed by atoms with Crippen LogP contribution in [-0.2, 0) is 22.3 Å². The minimum atomic E-state index is -0.835. The average Bonchev–Trinajstić information content (AvgIpc) is 3.30. The van der Waals surface area contributed by atoms with Crippen LogP contribution in [0.15, 0.2) is 28.8 Å². The highest BCUT2D eigenvalue weighted by Crippen LogP contribution is 2.17. The standard InChI is InChI=1S/C26H35BN4O5/c1-18-16-23(31-36-18)25(33)28-15-14-19-12-13-22-20(17-19)8-4-2-7-11-24(32)35-27(22)30-26(34)29-21-9-5-3-6-10-21/h12-13,16-17,21H,2-11,14-15H2,1H3,(H,28,33)(H2,29,30,34). The summed E-state index contributed by atoms with van der Waals surface area (Å²) in [7, 11) is -0.835. The number of amides is 3. The van der Waals surface area contributed by atoms with Crippen LogP contribution in [0.4, 0.5) is 4.79 Å². The fourth-order valence-electron chi connectivity index (χ4n) is 4.89. The highest BCUT2D eigenvalue weighted by molar-refractivity contribution is 6.69. The number of rotatable bonds is 6. The van der Waals surface area contributed by atoms with Crippen molar-refractivity contribution in [1.82, 2.24) is 21.0 Å². The molecule has 9 nitrogen and oxygen atoms in total. The summed E-state index contributed by atoms with van der Waals surface area (Å²) in [5.74, 6) is 0.0107. The highest BCUT2D eigenvalue weighted by Gasteiger charge is 2.30. The minimum Gasteiger partial charge on any atom is -0.511 e. The molecule has 1 saturated carbocycles. The van der Waals surface area contributed by atoms with E-state index in [1.807, 2.05) is 12.1 Å². The van der Waals surface area contributed by atoms with Crippen molar-refractivity contribution in [1.29, 1.82) is 0 Å². The van der Waals surface area contributed by atoms with Crippen LogP contribution in [0.25, 0.3) is 0 Å². The number of nitrogens with one attached hydrogen (secondary N) is 3. The Morgan fingerprint density at radius 3 is 2.61 bits per heavy atom. The zero-order chi connectivity index (χ0) is 25.3. The van der Waals surface area contributed by atoms with Gasteiger partial charge in [0.05, 0.1) is 0 Å². The predicted molar refractivity (Wildman–Crippen MR) is 136 cm³/mol. The molecular weight excluding hydrogens is 459 g/mol. The zero-order valence-electron chi connectivity index (χ0n) is 20.9. The summed E-state index contributed by atoms with van der Waals surface area (Å²) in [4.78, 5) is 37.4. The topological polar surface area (TPSA) is 123 Å². The summed E-state index contributed by atoms with van der Waals surface area (Å²) in [6.07, 6.45) is 9.86. The molecule has 1 aliphatic carbocycles. The predicted octanol–water partition coefficient (Wildman–Crippen LogP) is 2.94. The molecule has 0 spiro atoms. The maximum Gasteiger partial charge on any atom is 0.522 e. The number of carbonyl (C=O) groups excluding carboxylic acids is 3. The smallest absolute Gasteiger partial charge is 0.511 e. The van der Waals surface area contributed by atoms with Gasteiger partial charge in [0.15, 0.2) is 5.69 Å². The number of aryl methyl sites for hydroxylation is 2. The van der Waals surface area contributed by atoms with Crippen molar-refractivity contribution >= 4 is 30.4 Å². The van der Waals surface area contributed by atoms with Gasteiger partial charge in [-0.1, -0.05) is 49.0 Å². The first-order chi connectivity index (χ1) is 17.5. The molecule has 10 heteroatoms. The van der Waals surface area contributed by atoms with Gasteiger partial charge < -0.3 is 25.0 Å². The maximum atomic E-state index is 12.8. The molecule has 36 heavy (non-hydrogen) atoms. The van der Waals surface area contributed by atoms with Gasteiger partial charge in [-0.25, -0.2) is 0 Å². The first-order valence-electron chi connectivity index (χ1n) is 13.1. The molecule has 2 heterocycles. The second-order valence-corrected chi connectivity index (χ2v) is 9.75. The molecule has 0 radical (unpaired) electrons. The lowest BCUT2D eigenvalue weighted by Crippen LogP contribution is -2.56. The van der Waals surface area contributed by atoms with E-state index in [-0.39, 0.29) is 29.6 Å². The van der Waals surface area contributed by atoms with Gasteiger partial charge in [-0.15, -0.1) is 0 Å². The highest BCUT2D eigenvalue weighted by atomic mass is 16.5. The normalized spacial score (nSPS) is 17.0. The number of urea groups is 1. The second-order valence-electron chi connectivity index (χ2n) is 9.75. The summed E-state index contributed by atoms with van der Waals surface area (Å²) in [5, 5.41) is 12.6. The lowest BCUT2D eigenvalue weighted by Gasteiger charge is -2.25. The van der Waals surface area contributed by atoms with Crippen molar-refractivity contribution in [2.24, 2.45) is 0 Å². The number of carbonyl (C=O) groups is 3. The van der Waals surface area contributed by atoms with E-state index in [1.165, 1.54) is 6.42 Å². The fourth-order valence-corrected chi connectivity index (χ4v) is 4.89. The molecule has 4 rings (SSSR count). The lowest BCUT2D eigenvalue weighted by molar-refractivity contribution is -0.134. The van der Waals surface area contributed by atoms with E-state index in [0.717, 1.165) is 68.0 Å². The molecule has 2 aliphatic rings. The number of hydrogen-bond acceptors (Lipinski definition) is 6. The summed E-state index contributed by atoms with van der Waals surface area (Å²) in [5.41, 5.74) is 3.16. The minimum absolute atomic E-state index is 0.159.